The smallest absolute Gasteiger partial charge is 0.137 e. The van der Waals surface area contributed by atoms with Gasteiger partial charge in [0.2, 0.25) is 0 Å². The first-order chi connectivity index (χ1) is 12.4. The lowest BCUT2D eigenvalue weighted by molar-refractivity contribution is 0.0492. The van der Waals surface area contributed by atoms with Crippen molar-refractivity contribution >= 4 is 0 Å². The van der Waals surface area contributed by atoms with Crippen LogP contribution < -0.4 is 4.74 Å². The summed E-state index contributed by atoms with van der Waals surface area (Å²) in [5.74, 6) is 2.11. The molecule has 1 aromatic carbocycles. The molecule has 2 aliphatic heterocycles. The molecule has 140 valence electrons. The van der Waals surface area contributed by atoms with Crippen LogP contribution in [0.1, 0.15) is 49.7 Å². The van der Waals surface area contributed by atoms with Crippen molar-refractivity contribution in [2.45, 2.75) is 51.4 Å². The van der Waals surface area contributed by atoms with E-state index in [0.29, 0.717) is 5.92 Å². The van der Waals surface area contributed by atoms with E-state index < -0.39 is 6.10 Å². The first kappa shape index (κ1) is 17.6. The van der Waals surface area contributed by atoms with Gasteiger partial charge in [-0.2, -0.15) is 0 Å². The summed E-state index contributed by atoms with van der Waals surface area (Å²) in [5.41, 5.74) is 2.60. The second kappa shape index (κ2) is 6.71. The van der Waals surface area contributed by atoms with Crippen LogP contribution in [0, 0.1) is 5.92 Å². The summed E-state index contributed by atoms with van der Waals surface area (Å²) in [6.45, 7) is 7.30. The highest BCUT2D eigenvalue weighted by Gasteiger charge is 2.31. The molecule has 26 heavy (non-hydrogen) atoms. The normalized spacial score (nSPS) is 21.4. The number of ether oxygens (including phenoxy) is 1. The van der Waals surface area contributed by atoms with Crippen molar-refractivity contribution in [1.82, 2.24) is 14.5 Å². The average Bonchev–Trinajstić information content (AvgIpc) is 3.15. The van der Waals surface area contributed by atoms with Crippen LogP contribution in [0.3, 0.4) is 0 Å². The van der Waals surface area contributed by atoms with Gasteiger partial charge in [-0.05, 0) is 62.9 Å². The van der Waals surface area contributed by atoms with Gasteiger partial charge in [-0.25, -0.2) is 4.98 Å². The average molecular weight is 355 g/mol. The number of rotatable bonds is 4. The number of hydrogen-bond acceptors (Lipinski definition) is 4. The highest BCUT2D eigenvalue weighted by Crippen LogP contribution is 2.36. The zero-order valence-electron chi connectivity index (χ0n) is 16.0. The fraction of sp³-hybridized carbons (Fsp3) is 0.571. The monoisotopic (exact) mass is 355 g/mol. The third-order valence-corrected chi connectivity index (χ3v) is 5.74. The minimum Gasteiger partial charge on any atom is -0.487 e. The molecule has 2 aliphatic rings. The summed E-state index contributed by atoms with van der Waals surface area (Å²) in [6, 6.07) is 6.62. The van der Waals surface area contributed by atoms with Crippen LogP contribution in [0.4, 0.5) is 0 Å². The number of aliphatic hydroxyl groups excluding tert-OH is 1. The van der Waals surface area contributed by atoms with E-state index in [-0.39, 0.29) is 5.60 Å². The molecule has 1 saturated heterocycles. The lowest BCUT2D eigenvalue weighted by Gasteiger charge is -2.34. The maximum atomic E-state index is 10.6. The Labute approximate surface area is 155 Å². The van der Waals surface area contributed by atoms with Gasteiger partial charge in [0.05, 0.1) is 0 Å². The van der Waals surface area contributed by atoms with E-state index in [1.807, 2.05) is 17.8 Å². The van der Waals surface area contributed by atoms with Crippen LogP contribution >= 0.6 is 0 Å². The molecule has 2 aromatic rings. The zero-order chi connectivity index (χ0) is 18.3. The number of hydrogen-bond donors (Lipinski definition) is 1. The topological polar surface area (TPSA) is 50.5 Å². The molecular weight excluding hydrogens is 326 g/mol. The number of likely N-dealkylation sites (tertiary alicyclic amines) is 1. The van der Waals surface area contributed by atoms with Gasteiger partial charge in [-0.15, -0.1) is 0 Å². The van der Waals surface area contributed by atoms with Gasteiger partial charge < -0.3 is 14.4 Å². The van der Waals surface area contributed by atoms with Crippen LogP contribution in [-0.4, -0.2) is 38.2 Å². The Hall–Kier alpha value is -1.85. The summed E-state index contributed by atoms with van der Waals surface area (Å²) < 4.78 is 7.90. The SMILES string of the molecule is Cn1ccnc1[C@@H](O)C1CCN(Cc2ccc3c(c2)CC(C)(C)O3)CC1. The van der Waals surface area contributed by atoms with E-state index >= 15 is 0 Å². The Balaban J connectivity index is 1.34. The summed E-state index contributed by atoms with van der Waals surface area (Å²) in [5, 5.41) is 10.6. The molecule has 5 heteroatoms. The van der Waals surface area contributed by atoms with Crippen LogP contribution in [0.2, 0.25) is 0 Å². The Morgan fingerprint density at radius 2 is 2.08 bits per heavy atom. The van der Waals surface area contributed by atoms with E-state index in [0.717, 1.165) is 50.5 Å². The van der Waals surface area contributed by atoms with Crippen LogP contribution in [0.25, 0.3) is 0 Å². The van der Waals surface area contributed by atoms with Gasteiger partial charge in [0.25, 0.3) is 0 Å². The number of aromatic nitrogens is 2. The third kappa shape index (κ3) is 3.51. The van der Waals surface area contributed by atoms with Gasteiger partial charge in [0, 0.05) is 32.4 Å². The quantitative estimate of drug-likeness (QED) is 0.916. The Bertz CT molecular complexity index is 775. The van der Waals surface area contributed by atoms with Crippen molar-refractivity contribution < 1.29 is 9.84 Å². The summed E-state index contributed by atoms with van der Waals surface area (Å²) in [7, 11) is 1.94. The molecule has 4 rings (SSSR count). The molecule has 0 saturated carbocycles. The fourth-order valence-electron chi connectivity index (χ4n) is 4.32. The number of imidazole rings is 1. The highest BCUT2D eigenvalue weighted by molar-refractivity contribution is 5.41. The predicted molar refractivity (Wildman–Crippen MR) is 101 cm³/mol. The number of nitrogens with zero attached hydrogens (tertiary/aromatic N) is 3. The molecular formula is C21H29N3O2. The first-order valence-corrected chi connectivity index (χ1v) is 9.60. The zero-order valence-corrected chi connectivity index (χ0v) is 16.0. The third-order valence-electron chi connectivity index (χ3n) is 5.74. The maximum Gasteiger partial charge on any atom is 0.137 e. The van der Waals surface area contributed by atoms with E-state index in [9.17, 15) is 5.11 Å². The van der Waals surface area contributed by atoms with E-state index in [2.05, 4.69) is 41.9 Å². The number of benzene rings is 1. The molecule has 0 amide bonds. The van der Waals surface area contributed by atoms with E-state index in [4.69, 9.17) is 4.74 Å². The molecule has 0 bridgehead atoms. The van der Waals surface area contributed by atoms with E-state index in [1.54, 1.807) is 6.20 Å². The molecule has 0 radical (unpaired) electrons. The molecule has 1 N–H and O–H groups in total. The van der Waals surface area contributed by atoms with Crippen molar-refractivity contribution in [3.63, 3.8) is 0 Å². The number of aryl methyl sites for hydroxylation is 1. The highest BCUT2D eigenvalue weighted by atomic mass is 16.5. The lowest BCUT2D eigenvalue weighted by Crippen LogP contribution is -2.35. The van der Waals surface area contributed by atoms with Gasteiger partial charge in [0.15, 0.2) is 0 Å². The van der Waals surface area contributed by atoms with Gasteiger partial charge in [-0.1, -0.05) is 12.1 Å². The molecule has 5 nitrogen and oxygen atoms in total. The van der Waals surface area contributed by atoms with Crippen molar-refractivity contribution in [2.75, 3.05) is 13.1 Å². The second-order valence-electron chi connectivity index (χ2n) is 8.44. The standard InChI is InChI=1S/C21H29N3O2/c1-21(2)13-17-12-15(4-5-18(17)26-21)14-24-9-6-16(7-10-24)19(25)20-22-8-11-23(20)3/h4-5,8,11-12,16,19,25H,6-7,9-10,13-14H2,1-3H3/t19-/m0/s1. The van der Waals surface area contributed by atoms with Crippen LogP contribution in [0.15, 0.2) is 30.6 Å². The molecule has 0 aliphatic carbocycles. The molecule has 3 heterocycles. The van der Waals surface area contributed by atoms with Crippen LogP contribution in [-0.2, 0) is 20.0 Å². The molecule has 1 aromatic heterocycles. The first-order valence-electron chi connectivity index (χ1n) is 9.60. The largest absolute Gasteiger partial charge is 0.487 e. The fourth-order valence-corrected chi connectivity index (χ4v) is 4.32. The molecule has 1 fully saturated rings. The van der Waals surface area contributed by atoms with Crippen molar-refractivity contribution in [3.8, 4) is 5.75 Å². The van der Waals surface area contributed by atoms with Crippen molar-refractivity contribution in [3.05, 3.63) is 47.5 Å². The number of fused-ring (bicyclic) bond motifs is 1. The summed E-state index contributed by atoms with van der Waals surface area (Å²) >= 11 is 0. The maximum absolute atomic E-state index is 10.6. The molecule has 1 atom stereocenters. The Morgan fingerprint density at radius 3 is 2.77 bits per heavy atom. The van der Waals surface area contributed by atoms with Crippen molar-refractivity contribution in [1.29, 1.82) is 0 Å². The number of aliphatic hydroxyl groups is 1. The summed E-state index contributed by atoms with van der Waals surface area (Å²) in [6.07, 6.45) is 6.19. The predicted octanol–water partition coefficient (Wildman–Crippen LogP) is 3.08. The minimum atomic E-state index is -0.462. The Morgan fingerprint density at radius 1 is 1.31 bits per heavy atom. The summed E-state index contributed by atoms with van der Waals surface area (Å²) in [4.78, 5) is 6.80. The lowest BCUT2D eigenvalue weighted by atomic mass is 9.90. The van der Waals surface area contributed by atoms with Crippen LogP contribution in [0.5, 0.6) is 5.75 Å². The number of piperidine rings is 1. The Kier molecular flexibility index (Phi) is 4.53. The van der Waals surface area contributed by atoms with Gasteiger partial charge in [-0.3, -0.25) is 4.90 Å². The molecule has 0 spiro atoms. The van der Waals surface area contributed by atoms with Gasteiger partial charge in [0.1, 0.15) is 23.3 Å². The van der Waals surface area contributed by atoms with E-state index in [1.165, 1.54) is 11.1 Å². The minimum absolute atomic E-state index is 0.0829. The second-order valence-corrected chi connectivity index (χ2v) is 8.44. The van der Waals surface area contributed by atoms with Crippen molar-refractivity contribution in [2.24, 2.45) is 13.0 Å². The molecule has 0 unspecified atom stereocenters. The van der Waals surface area contributed by atoms with Gasteiger partial charge >= 0.3 is 0 Å².